The summed E-state index contributed by atoms with van der Waals surface area (Å²) in [6.45, 7) is 4.94. The molecule has 0 aliphatic carbocycles. The average molecular weight is 294 g/mol. The maximum Gasteiger partial charge on any atom is 0.0825 e. The van der Waals surface area contributed by atoms with Gasteiger partial charge in [0.2, 0.25) is 0 Å². The molecule has 1 saturated heterocycles. The van der Waals surface area contributed by atoms with Gasteiger partial charge in [-0.25, -0.2) is 0 Å². The fraction of sp³-hybridized carbons (Fsp3) is 0.500. The van der Waals surface area contributed by atoms with E-state index < -0.39 is 0 Å². The summed E-state index contributed by atoms with van der Waals surface area (Å²) in [5, 5.41) is 1.27. The molecule has 0 bridgehead atoms. The van der Waals surface area contributed by atoms with Crippen LogP contribution in [-0.4, -0.2) is 43.5 Å². The lowest BCUT2D eigenvalue weighted by Crippen LogP contribution is -2.47. The molecule has 0 radical (unpaired) electrons. The molecule has 0 N–H and O–H groups in total. The van der Waals surface area contributed by atoms with E-state index in [-0.39, 0.29) is 0 Å². The van der Waals surface area contributed by atoms with E-state index >= 15 is 0 Å². The Morgan fingerprint density at radius 2 is 1.76 bits per heavy atom. The minimum atomic E-state index is 0.618. The Morgan fingerprint density at radius 1 is 1.06 bits per heavy atom. The van der Waals surface area contributed by atoms with Crippen LogP contribution in [0.2, 0.25) is 10.0 Å². The molecule has 1 aliphatic heterocycles. The predicted molar refractivity (Wildman–Crippen MR) is 75.8 cm³/mol. The summed E-state index contributed by atoms with van der Waals surface area (Å²) in [6, 6.07) is 5.78. The standard InChI is InChI=1S/C12H15Cl3N2/c13-4-5-16-6-8-17(9-7-16)11-3-1-2-10(14)12(11)15/h1-3H,4-9H2. The van der Waals surface area contributed by atoms with Crippen molar-refractivity contribution in [3.8, 4) is 0 Å². The first-order valence-corrected chi connectivity index (χ1v) is 6.98. The molecule has 0 unspecified atom stereocenters. The topological polar surface area (TPSA) is 6.48 Å². The molecule has 0 spiro atoms. The summed E-state index contributed by atoms with van der Waals surface area (Å²) in [5.41, 5.74) is 1.03. The van der Waals surface area contributed by atoms with Crippen molar-refractivity contribution in [2.45, 2.75) is 0 Å². The summed E-state index contributed by atoms with van der Waals surface area (Å²) >= 11 is 18.0. The maximum atomic E-state index is 6.22. The highest BCUT2D eigenvalue weighted by Gasteiger charge is 2.19. The molecule has 0 amide bonds. The minimum Gasteiger partial charge on any atom is -0.368 e. The molecular formula is C12H15Cl3N2. The Hall–Kier alpha value is -0.150. The molecular weight excluding hydrogens is 279 g/mol. The van der Waals surface area contributed by atoms with E-state index in [0.717, 1.165) is 38.4 Å². The number of anilines is 1. The van der Waals surface area contributed by atoms with E-state index in [1.165, 1.54) is 0 Å². The largest absolute Gasteiger partial charge is 0.368 e. The lowest BCUT2D eigenvalue weighted by molar-refractivity contribution is 0.272. The van der Waals surface area contributed by atoms with Gasteiger partial charge < -0.3 is 4.90 Å². The van der Waals surface area contributed by atoms with E-state index in [0.29, 0.717) is 15.9 Å². The van der Waals surface area contributed by atoms with Gasteiger partial charge in [-0.05, 0) is 12.1 Å². The summed E-state index contributed by atoms with van der Waals surface area (Å²) in [6.07, 6.45) is 0. The fourth-order valence-corrected chi connectivity index (χ4v) is 2.72. The Labute approximate surface area is 117 Å². The molecule has 0 atom stereocenters. The second-order valence-corrected chi connectivity index (χ2v) is 5.25. The molecule has 2 rings (SSSR count). The van der Waals surface area contributed by atoms with Crippen molar-refractivity contribution in [3.63, 3.8) is 0 Å². The highest BCUT2D eigenvalue weighted by molar-refractivity contribution is 6.43. The van der Waals surface area contributed by atoms with Crippen LogP contribution >= 0.6 is 34.8 Å². The number of benzene rings is 1. The van der Waals surface area contributed by atoms with E-state index in [1.807, 2.05) is 18.2 Å². The SMILES string of the molecule is ClCCN1CCN(c2cccc(Cl)c2Cl)CC1. The maximum absolute atomic E-state index is 6.22. The van der Waals surface area contributed by atoms with Gasteiger partial charge in [0.25, 0.3) is 0 Å². The van der Waals surface area contributed by atoms with Crippen LogP contribution in [-0.2, 0) is 0 Å². The number of piperazine rings is 1. The lowest BCUT2D eigenvalue weighted by atomic mass is 10.2. The van der Waals surface area contributed by atoms with Crippen molar-refractivity contribution in [1.29, 1.82) is 0 Å². The zero-order chi connectivity index (χ0) is 12.3. The second kappa shape index (κ2) is 6.14. The highest BCUT2D eigenvalue weighted by Crippen LogP contribution is 2.32. The zero-order valence-electron chi connectivity index (χ0n) is 9.50. The van der Waals surface area contributed by atoms with Crippen molar-refractivity contribution in [1.82, 2.24) is 4.90 Å². The van der Waals surface area contributed by atoms with Gasteiger partial charge in [-0.2, -0.15) is 0 Å². The Bertz CT molecular complexity index is 376. The molecule has 1 aliphatic rings. The van der Waals surface area contributed by atoms with Gasteiger partial charge in [-0.15, -0.1) is 11.6 Å². The van der Waals surface area contributed by atoms with Crippen LogP contribution in [0.1, 0.15) is 0 Å². The molecule has 0 saturated carbocycles. The number of hydrogen-bond acceptors (Lipinski definition) is 2. The van der Waals surface area contributed by atoms with Gasteiger partial charge >= 0.3 is 0 Å². The van der Waals surface area contributed by atoms with Crippen LogP contribution in [0.15, 0.2) is 18.2 Å². The van der Waals surface area contributed by atoms with Gasteiger partial charge in [0, 0.05) is 38.6 Å². The minimum absolute atomic E-state index is 0.618. The normalized spacial score (nSPS) is 17.5. The van der Waals surface area contributed by atoms with Gasteiger partial charge in [-0.3, -0.25) is 4.90 Å². The van der Waals surface area contributed by atoms with Gasteiger partial charge in [-0.1, -0.05) is 29.3 Å². The monoisotopic (exact) mass is 292 g/mol. The third kappa shape index (κ3) is 3.19. The number of rotatable bonds is 3. The average Bonchev–Trinajstić information content (AvgIpc) is 2.34. The Kier molecular flexibility index (Phi) is 4.80. The van der Waals surface area contributed by atoms with Crippen molar-refractivity contribution in [2.24, 2.45) is 0 Å². The molecule has 0 aromatic heterocycles. The smallest absolute Gasteiger partial charge is 0.0825 e. The first-order valence-electron chi connectivity index (χ1n) is 5.69. The van der Waals surface area contributed by atoms with E-state index in [2.05, 4.69) is 9.80 Å². The number of alkyl halides is 1. The van der Waals surface area contributed by atoms with Crippen molar-refractivity contribution in [2.75, 3.05) is 43.5 Å². The molecule has 1 heterocycles. The molecule has 1 fully saturated rings. The number of halogens is 3. The van der Waals surface area contributed by atoms with Crippen molar-refractivity contribution >= 4 is 40.5 Å². The van der Waals surface area contributed by atoms with Crippen molar-refractivity contribution in [3.05, 3.63) is 28.2 Å². The fourth-order valence-electron chi connectivity index (χ4n) is 2.07. The second-order valence-electron chi connectivity index (χ2n) is 4.09. The Balaban J connectivity index is 2.03. The first-order chi connectivity index (χ1) is 8.22. The van der Waals surface area contributed by atoms with Crippen LogP contribution in [0, 0.1) is 0 Å². The highest BCUT2D eigenvalue weighted by atomic mass is 35.5. The predicted octanol–water partition coefficient (Wildman–Crippen LogP) is 3.35. The molecule has 5 heteroatoms. The van der Waals surface area contributed by atoms with Crippen LogP contribution in [0.4, 0.5) is 5.69 Å². The molecule has 94 valence electrons. The number of nitrogens with zero attached hydrogens (tertiary/aromatic N) is 2. The van der Waals surface area contributed by atoms with Gasteiger partial charge in [0.15, 0.2) is 0 Å². The van der Waals surface area contributed by atoms with Crippen LogP contribution in [0.5, 0.6) is 0 Å². The van der Waals surface area contributed by atoms with E-state index in [4.69, 9.17) is 34.8 Å². The molecule has 2 nitrogen and oxygen atoms in total. The van der Waals surface area contributed by atoms with Gasteiger partial charge in [0.1, 0.15) is 0 Å². The van der Waals surface area contributed by atoms with Crippen LogP contribution < -0.4 is 4.90 Å². The van der Waals surface area contributed by atoms with E-state index in [1.54, 1.807) is 0 Å². The summed E-state index contributed by atoms with van der Waals surface area (Å²) in [4.78, 5) is 4.64. The summed E-state index contributed by atoms with van der Waals surface area (Å²) < 4.78 is 0. The van der Waals surface area contributed by atoms with E-state index in [9.17, 15) is 0 Å². The van der Waals surface area contributed by atoms with Crippen LogP contribution in [0.25, 0.3) is 0 Å². The molecule has 1 aromatic rings. The molecule has 1 aromatic carbocycles. The Morgan fingerprint density at radius 3 is 2.41 bits per heavy atom. The third-order valence-electron chi connectivity index (χ3n) is 3.04. The summed E-state index contributed by atoms with van der Waals surface area (Å²) in [5.74, 6) is 0.692. The van der Waals surface area contributed by atoms with Gasteiger partial charge in [0.05, 0.1) is 15.7 Å². The first kappa shape index (κ1) is 13.3. The van der Waals surface area contributed by atoms with Crippen LogP contribution in [0.3, 0.4) is 0 Å². The quantitative estimate of drug-likeness (QED) is 0.789. The lowest BCUT2D eigenvalue weighted by Gasteiger charge is -2.36. The zero-order valence-corrected chi connectivity index (χ0v) is 11.8. The molecule has 17 heavy (non-hydrogen) atoms. The summed E-state index contributed by atoms with van der Waals surface area (Å²) in [7, 11) is 0. The van der Waals surface area contributed by atoms with Crippen molar-refractivity contribution < 1.29 is 0 Å². The third-order valence-corrected chi connectivity index (χ3v) is 4.02. The number of hydrogen-bond donors (Lipinski definition) is 0.